The van der Waals surface area contributed by atoms with E-state index < -0.39 is 0 Å². The van der Waals surface area contributed by atoms with Gasteiger partial charge in [0.15, 0.2) is 0 Å². The molecule has 0 aromatic rings. The average Bonchev–Trinajstić information content (AvgIpc) is 2.26. The van der Waals surface area contributed by atoms with Gasteiger partial charge in [-0.15, -0.1) is 0 Å². The number of halogens is 1. The molecule has 62 valence electrons. The van der Waals surface area contributed by atoms with Crippen molar-refractivity contribution in [2.24, 2.45) is 5.41 Å². The van der Waals surface area contributed by atoms with Crippen molar-refractivity contribution in [1.29, 1.82) is 0 Å². The maximum atomic E-state index is 5.89. The number of allylic oxidation sites excluding steroid dienone is 8. The summed E-state index contributed by atoms with van der Waals surface area (Å²) >= 11 is 5.89. The summed E-state index contributed by atoms with van der Waals surface area (Å²) in [7, 11) is 0. The van der Waals surface area contributed by atoms with Crippen LogP contribution in [0.3, 0.4) is 0 Å². The smallest absolute Gasteiger partial charge is 0.0418 e. The van der Waals surface area contributed by atoms with E-state index in [1.807, 2.05) is 12.2 Å². The van der Waals surface area contributed by atoms with Gasteiger partial charge >= 0.3 is 0 Å². The maximum absolute atomic E-state index is 5.89. The lowest BCUT2D eigenvalue weighted by Gasteiger charge is -2.20. The fraction of sp³-hybridized carbons (Fsp3) is 0.273. The first-order chi connectivity index (χ1) is 5.57. The maximum Gasteiger partial charge on any atom is 0.0418 e. The molecule has 0 spiro atoms. The standard InChI is InChI=1S/C11H11Cl/c1-11(2)4-3-8-5-10(12)6-9(8)7-11/h3-7H,1-2H3. The van der Waals surface area contributed by atoms with Crippen molar-refractivity contribution in [2.45, 2.75) is 13.8 Å². The highest BCUT2D eigenvalue weighted by Crippen LogP contribution is 2.35. The van der Waals surface area contributed by atoms with E-state index in [4.69, 9.17) is 11.6 Å². The molecule has 0 atom stereocenters. The number of fused-ring (bicyclic) bond motifs is 1. The predicted octanol–water partition coefficient (Wildman–Crippen LogP) is 3.57. The van der Waals surface area contributed by atoms with Crippen LogP contribution in [0.15, 0.2) is 46.6 Å². The van der Waals surface area contributed by atoms with E-state index in [9.17, 15) is 0 Å². The Labute approximate surface area is 77.9 Å². The minimum absolute atomic E-state index is 0.171. The lowest BCUT2D eigenvalue weighted by atomic mass is 9.84. The SMILES string of the molecule is CC1(C)C=CC2=CC(Cl)=CC2=C1. The molecule has 0 aliphatic heterocycles. The predicted molar refractivity (Wildman–Crippen MR) is 53.0 cm³/mol. The van der Waals surface area contributed by atoms with Crippen LogP contribution < -0.4 is 0 Å². The van der Waals surface area contributed by atoms with Crippen molar-refractivity contribution in [3.05, 3.63) is 46.6 Å². The Morgan fingerprint density at radius 1 is 1.17 bits per heavy atom. The van der Waals surface area contributed by atoms with Gasteiger partial charge in [0.1, 0.15) is 0 Å². The molecule has 0 nitrogen and oxygen atoms in total. The monoisotopic (exact) mass is 178 g/mol. The number of hydrogen-bond donors (Lipinski definition) is 0. The third-order valence-electron chi connectivity index (χ3n) is 2.14. The van der Waals surface area contributed by atoms with Gasteiger partial charge in [0.25, 0.3) is 0 Å². The molecule has 0 aromatic carbocycles. The Balaban J connectivity index is 2.46. The zero-order valence-corrected chi connectivity index (χ0v) is 8.02. The molecule has 0 fully saturated rings. The van der Waals surface area contributed by atoms with Crippen molar-refractivity contribution >= 4 is 11.6 Å². The molecule has 0 heterocycles. The van der Waals surface area contributed by atoms with Crippen molar-refractivity contribution < 1.29 is 0 Å². The quantitative estimate of drug-likeness (QED) is 0.532. The summed E-state index contributed by atoms with van der Waals surface area (Å²) in [5, 5.41) is 0.832. The van der Waals surface area contributed by atoms with Crippen LogP contribution in [0.5, 0.6) is 0 Å². The number of hydrogen-bond acceptors (Lipinski definition) is 0. The second-order valence-electron chi connectivity index (χ2n) is 3.88. The third kappa shape index (κ3) is 1.27. The Bertz CT molecular complexity index is 338. The van der Waals surface area contributed by atoms with Crippen molar-refractivity contribution in [1.82, 2.24) is 0 Å². The summed E-state index contributed by atoms with van der Waals surface area (Å²) in [6, 6.07) is 0. The van der Waals surface area contributed by atoms with Crippen LogP contribution in [-0.2, 0) is 0 Å². The summed E-state index contributed by atoms with van der Waals surface area (Å²) in [6.07, 6.45) is 10.6. The lowest BCUT2D eigenvalue weighted by molar-refractivity contribution is 0.618. The first kappa shape index (κ1) is 7.88. The fourth-order valence-electron chi connectivity index (χ4n) is 1.53. The van der Waals surface area contributed by atoms with Crippen LogP contribution in [0.2, 0.25) is 0 Å². The van der Waals surface area contributed by atoms with E-state index in [0.717, 1.165) is 5.03 Å². The zero-order chi connectivity index (χ0) is 8.77. The highest BCUT2D eigenvalue weighted by atomic mass is 35.5. The van der Waals surface area contributed by atoms with E-state index >= 15 is 0 Å². The van der Waals surface area contributed by atoms with E-state index in [1.54, 1.807) is 0 Å². The van der Waals surface area contributed by atoms with Gasteiger partial charge in [-0.05, 0) is 23.3 Å². The van der Waals surface area contributed by atoms with Crippen LogP contribution >= 0.6 is 11.6 Å². The summed E-state index contributed by atoms with van der Waals surface area (Å²) in [5.41, 5.74) is 2.66. The Morgan fingerprint density at radius 2 is 1.92 bits per heavy atom. The molecule has 0 N–H and O–H groups in total. The molecular weight excluding hydrogens is 168 g/mol. The second kappa shape index (κ2) is 2.37. The van der Waals surface area contributed by atoms with Gasteiger partial charge in [-0.1, -0.05) is 43.7 Å². The molecule has 1 heteroatoms. The summed E-state index contributed by atoms with van der Waals surface area (Å²) < 4.78 is 0. The fourth-order valence-corrected chi connectivity index (χ4v) is 1.76. The average molecular weight is 179 g/mol. The van der Waals surface area contributed by atoms with Gasteiger partial charge in [-0.3, -0.25) is 0 Å². The van der Waals surface area contributed by atoms with Crippen LogP contribution in [0.25, 0.3) is 0 Å². The Kier molecular flexibility index (Phi) is 1.55. The van der Waals surface area contributed by atoms with E-state index in [2.05, 4.69) is 32.1 Å². The van der Waals surface area contributed by atoms with Crippen molar-refractivity contribution in [3.63, 3.8) is 0 Å². The van der Waals surface area contributed by atoms with Crippen LogP contribution in [0.4, 0.5) is 0 Å². The van der Waals surface area contributed by atoms with Gasteiger partial charge in [-0.25, -0.2) is 0 Å². The first-order valence-electron chi connectivity index (χ1n) is 4.08. The molecule has 2 rings (SSSR count). The molecule has 0 saturated heterocycles. The number of rotatable bonds is 0. The largest absolute Gasteiger partial charge is 0.0843 e. The molecule has 0 saturated carbocycles. The second-order valence-corrected chi connectivity index (χ2v) is 4.32. The minimum Gasteiger partial charge on any atom is -0.0843 e. The van der Waals surface area contributed by atoms with Gasteiger partial charge < -0.3 is 0 Å². The van der Waals surface area contributed by atoms with Gasteiger partial charge in [0, 0.05) is 10.4 Å². The topological polar surface area (TPSA) is 0 Å². The minimum atomic E-state index is 0.171. The highest BCUT2D eigenvalue weighted by Gasteiger charge is 2.19. The molecule has 0 aromatic heterocycles. The van der Waals surface area contributed by atoms with Gasteiger partial charge in [0.05, 0.1) is 0 Å². The summed E-state index contributed by atoms with van der Waals surface area (Å²) in [5.74, 6) is 0. The normalized spacial score (nSPS) is 24.4. The Morgan fingerprint density at radius 3 is 2.67 bits per heavy atom. The van der Waals surface area contributed by atoms with Crippen molar-refractivity contribution in [2.75, 3.05) is 0 Å². The molecule has 0 bridgehead atoms. The third-order valence-corrected chi connectivity index (χ3v) is 2.36. The van der Waals surface area contributed by atoms with Crippen LogP contribution in [0, 0.1) is 5.41 Å². The van der Waals surface area contributed by atoms with E-state index in [0.29, 0.717) is 0 Å². The molecule has 2 aliphatic rings. The molecule has 12 heavy (non-hydrogen) atoms. The molecular formula is C11H11Cl. The van der Waals surface area contributed by atoms with Gasteiger partial charge in [-0.2, -0.15) is 0 Å². The summed E-state index contributed by atoms with van der Waals surface area (Å²) in [6.45, 7) is 4.38. The molecule has 0 amide bonds. The first-order valence-corrected chi connectivity index (χ1v) is 4.46. The van der Waals surface area contributed by atoms with Crippen LogP contribution in [-0.4, -0.2) is 0 Å². The highest BCUT2D eigenvalue weighted by molar-refractivity contribution is 6.32. The molecule has 0 radical (unpaired) electrons. The van der Waals surface area contributed by atoms with E-state index in [-0.39, 0.29) is 5.41 Å². The Hall–Kier alpha value is -0.750. The van der Waals surface area contributed by atoms with Gasteiger partial charge in [0.2, 0.25) is 0 Å². The molecule has 0 unspecified atom stereocenters. The van der Waals surface area contributed by atoms with E-state index in [1.165, 1.54) is 11.1 Å². The lowest BCUT2D eigenvalue weighted by Crippen LogP contribution is -2.07. The zero-order valence-electron chi connectivity index (χ0n) is 7.26. The van der Waals surface area contributed by atoms with Crippen LogP contribution in [0.1, 0.15) is 13.8 Å². The molecule has 2 aliphatic carbocycles. The van der Waals surface area contributed by atoms with Crippen molar-refractivity contribution in [3.8, 4) is 0 Å². The summed E-state index contributed by atoms with van der Waals surface area (Å²) in [4.78, 5) is 0.